The van der Waals surface area contributed by atoms with E-state index in [-0.39, 0.29) is 30.1 Å². The van der Waals surface area contributed by atoms with E-state index >= 15 is 0 Å². The van der Waals surface area contributed by atoms with Gasteiger partial charge in [-0.3, -0.25) is 9.59 Å². The van der Waals surface area contributed by atoms with E-state index in [2.05, 4.69) is 5.32 Å². The van der Waals surface area contributed by atoms with E-state index in [1.54, 1.807) is 23.9 Å². The first-order valence-corrected chi connectivity index (χ1v) is 9.39. The van der Waals surface area contributed by atoms with Gasteiger partial charge in [0.2, 0.25) is 5.91 Å². The van der Waals surface area contributed by atoms with Crippen molar-refractivity contribution < 1.29 is 18.7 Å². The predicted octanol–water partition coefficient (Wildman–Crippen LogP) is 3.02. The van der Waals surface area contributed by atoms with E-state index in [1.807, 2.05) is 30.5 Å². The summed E-state index contributed by atoms with van der Waals surface area (Å²) in [5.41, 5.74) is 0.737. The Hall–Kier alpha value is -2.54. The summed E-state index contributed by atoms with van der Waals surface area (Å²) in [6.45, 7) is 0.438. The summed E-state index contributed by atoms with van der Waals surface area (Å²) in [6.07, 6.45) is 1.99. The normalized spacial score (nSPS) is 13.8. The maximum absolute atomic E-state index is 13.5. The van der Waals surface area contributed by atoms with Crippen molar-refractivity contribution >= 4 is 29.3 Å². The number of hydrogen-bond acceptors (Lipinski definition) is 4. The van der Waals surface area contributed by atoms with Crippen molar-refractivity contribution in [2.75, 3.05) is 31.3 Å². The number of anilines is 1. The van der Waals surface area contributed by atoms with Crippen molar-refractivity contribution in [3.8, 4) is 5.75 Å². The van der Waals surface area contributed by atoms with E-state index in [0.717, 1.165) is 10.6 Å². The van der Waals surface area contributed by atoms with Crippen molar-refractivity contribution in [1.82, 2.24) is 4.90 Å². The molecule has 1 N–H and O–H groups in total. The minimum absolute atomic E-state index is 0.0457. The second-order valence-corrected chi connectivity index (χ2v) is 6.81. The number of hydrogen-bond donors (Lipinski definition) is 1. The highest BCUT2D eigenvalue weighted by Gasteiger charge is 2.35. The lowest BCUT2D eigenvalue weighted by atomic mass is 9.99. The van der Waals surface area contributed by atoms with Crippen LogP contribution in [0.4, 0.5) is 10.1 Å². The summed E-state index contributed by atoms with van der Waals surface area (Å²) in [7, 11) is 0. The van der Waals surface area contributed by atoms with Crippen LogP contribution in [-0.4, -0.2) is 42.7 Å². The second-order valence-electron chi connectivity index (χ2n) is 5.93. The van der Waals surface area contributed by atoms with E-state index in [1.165, 1.54) is 17.0 Å². The fourth-order valence-corrected chi connectivity index (χ4v) is 2.97. The lowest BCUT2D eigenvalue weighted by Gasteiger charge is -2.38. The second kappa shape index (κ2) is 8.23. The molecule has 136 valence electrons. The SMILES string of the molecule is CSc1ccc(NC(=O)C2CN(C(=O)COc3ccccc3F)C2)cc1. The highest BCUT2D eigenvalue weighted by molar-refractivity contribution is 7.98. The zero-order chi connectivity index (χ0) is 18.5. The Morgan fingerprint density at radius 2 is 1.88 bits per heavy atom. The molecule has 1 saturated heterocycles. The van der Waals surface area contributed by atoms with E-state index in [4.69, 9.17) is 4.74 Å². The lowest BCUT2D eigenvalue weighted by Crippen LogP contribution is -2.55. The Labute approximate surface area is 155 Å². The molecule has 1 aliphatic rings. The van der Waals surface area contributed by atoms with Gasteiger partial charge in [0.15, 0.2) is 18.2 Å². The van der Waals surface area contributed by atoms with Gasteiger partial charge in [0.05, 0.1) is 5.92 Å². The molecule has 26 heavy (non-hydrogen) atoms. The van der Waals surface area contributed by atoms with Crippen LogP contribution in [0.1, 0.15) is 0 Å². The van der Waals surface area contributed by atoms with Crippen LogP contribution >= 0.6 is 11.8 Å². The summed E-state index contributed by atoms with van der Waals surface area (Å²) in [5.74, 6) is -1.08. The zero-order valence-electron chi connectivity index (χ0n) is 14.3. The average Bonchev–Trinajstić information content (AvgIpc) is 2.60. The van der Waals surface area contributed by atoms with Crippen molar-refractivity contribution in [3.05, 3.63) is 54.3 Å². The van der Waals surface area contributed by atoms with Crippen LogP contribution in [0.2, 0.25) is 0 Å². The Balaban J connectivity index is 1.43. The number of carbonyl (C=O) groups is 2. The van der Waals surface area contributed by atoms with Crippen molar-refractivity contribution in [2.24, 2.45) is 5.92 Å². The monoisotopic (exact) mass is 374 g/mol. The van der Waals surface area contributed by atoms with Gasteiger partial charge in [0.25, 0.3) is 5.91 Å². The first-order chi connectivity index (χ1) is 12.6. The van der Waals surface area contributed by atoms with Crippen LogP contribution in [0, 0.1) is 11.7 Å². The number of nitrogens with one attached hydrogen (secondary N) is 1. The van der Waals surface area contributed by atoms with Crippen LogP contribution in [0.5, 0.6) is 5.75 Å². The highest BCUT2D eigenvalue weighted by Crippen LogP contribution is 2.21. The van der Waals surface area contributed by atoms with Crippen LogP contribution in [0.25, 0.3) is 0 Å². The lowest BCUT2D eigenvalue weighted by molar-refractivity contribution is -0.143. The van der Waals surface area contributed by atoms with Gasteiger partial charge in [0.1, 0.15) is 0 Å². The molecular weight excluding hydrogens is 355 g/mol. The Kier molecular flexibility index (Phi) is 5.78. The molecule has 1 heterocycles. The van der Waals surface area contributed by atoms with E-state index in [0.29, 0.717) is 13.1 Å². The predicted molar refractivity (Wildman–Crippen MR) is 98.8 cm³/mol. The first kappa shape index (κ1) is 18.3. The Morgan fingerprint density at radius 3 is 2.54 bits per heavy atom. The van der Waals surface area contributed by atoms with Gasteiger partial charge < -0.3 is 15.0 Å². The highest BCUT2D eigenvalue weighted by atomic mass is 32.2. The summed E-state index contributed by atoms with van der Waals surface area (Å²) in [5, 5.41) is 2.85. The van der Waals surface area contributed by atoms with Gasteiger partial charge in [-0.15, -0.1) is 11.8 Å². The third-order valence-electron chi connectivity index (χ3n) is 4.15. The Morgan fingerprint density at radius 1 is 1.19 bits per heavy atom. The van der Waals surface area contributed by atoms with Gasteiger partial charge in [-0.1, -0.05) is 12.1 Å². The largest absolute Gasteiger partial charge is 0.481 e. The zero-order valence-corrected chi connectivity index (χ0v) is 15.1. The van der Waals surface area contributed by atoms with Gasteiger partial charge in [0, 0.05) is 23.7 Å². The number of ether oxygens (including phenoxy) is 1. The fraction of sp³-hybridized carbons (Fsp3) is 0.263. The van der Waals surface area contributed by atoms with Crippen LogP contribution in [0.3, 0.4) is 0 Å². The molecule has 0 aromatic heterocycles. The maximum atomic E-state index is 13.5. The molecule has 2 amide bonds. The quantitative estimate of drug-likeness (QED) is 0.790. The molecule has 0 aliphatic carbocycles. The standard InChI is InChI=1S/C19H19FN2O3S/c1-26-15-8-6-14(7-9-15)21-19(24)13-10-22(11-13)18(23)12-25-17-5-3-2-4-16(17)20/h2-9,13H,10-12H2,1H3,(H,21,24). The number of amides is 2. The van der Waals surface area contributed by atoms with Crippen molar-refractivity contribution in [1.29, 1.82) is 0 Å². The minimum Gasteiger partial charge on any atom is -0.481 e. The molecule has 5 nitrogen and oxygen atoms in total. The maximum Gasteiger partial charge on any atom is 0.260 e. The first-order valence-electron chi connectivity index (χ1n) is 8.17. The molecule has 2 aromatic carbocycles. The molecule has 0 radical (unpaired) electrons. The number of likely N-dealkylation sites (tertiary alicyclic amines) is 1. The van der Waals surface area contributed by atoms with Crippen LogP contribution in [0.15, 0.2) is 53.4 Å². The van der Waals surface area contributed by atoms with Crippen LogP contribution in [-0.2, 0) is 9.59 Å². The molecule has 7 heteroatoms. The summed E-state index contributed by atoms with van der Waals surface area (Å²) in [6, 6.07) is 13.5. The Bertz CT molecular complexity index is 792. The number of nitrogens with zero attached hydrogens (tertiary/aromatic N) is 1. The molecule has 0 spiro atoms. The number of thioether (sulfide) groups is 1. The third-order valence-corrected chi connectivity index (χ3v) is 4.89. The molecular formula is C19H19FN2O3S. The van der Waals surface area contributed by atoms with Gasteiger partial charge >= 0.3 is 0 Å². The molecule has 0 atom stereocenters. The van der Waals surface area contributed by atoms with Gasteiger partial charge in [-0.05, 0) is 42.7 Å². The smallest absolute Gasteiger partial charge is 0.260 e. The number of carbonyl (C=O) groups excluding carboxylic acids is 2. The topological polar surface area (TPSA) is 58.6 Å². The molecule has 0 unspecified atom stereocenters. The summed E-state index contributed by atoms with van der Waals surface area (Å²) < 4.78 is 18.7. The van der Waals surface area contributed by atoms with E-state index in [9.17, 15) is 14.0 Å². The molecule has 2 aromatic rings. The number of halogens is 1. The average molecular weight is 374 g/mol. The van der Waals surface area contributed by atoms with E-state index < -0.39 is 5.82 Å². The van der Waals surface area contributed by atoms with Crippen molar-refractivity contribution in [2.45, 2.75) is 4.90 Å². The van der Waals surface area contributed by atoms with Gasteiger partial charge in [-0.2, -0.15) is 0 Å². The number of para-hydroxylation sites is 1. The minimum atomic E-state index is -0.506. The van der Waals surface area contributed by atoms with Crippen LogP contribution < -0.4 is 10.1 Å². The fourth-order valence-electron chi connectivity index (χ4n) is 2.56. The molecule has 0 saturated carbocycles. The molecule has 0 bridgehead atoms. The molecule has 3 rings (SSSR count). The summed E-state index contributed by atoms with van der Waals surface area (Å²) in [4.78, 5) is 26.9. The third kappa shape index (κ3) is 4.35. The summed E-state index contributed by atoms with van der Waals surface area (Å²) >= 11 is 1.63. The molecule has 1 aliphatic heterocycles. The molecule has 1 fully saturated rings. The number of benzene rings is 2. The van der Waals surface area contributed by atoms with Crippen molar-refractivity contribution in [3.63, 3.8) is 0 Å². The van der Waals surface area contributed by atoms with Gasteiger partial charge in [-0.25, -0.2) is 4.39 Å². The number of rotatable bonds is 6.